The molecule has 0 radical (unpaired) electrons. The highest BCUT2D eigenvalue weighted by Crippen LogP contribution is 2.46. The first kappa shape index (κ1) is 23.1. The van der Waals surface area contributed by atoms with E-state index in [1.807, 2.05) is 69.0 Å². The monoisotopic (exact) mass is 461 g/mol. The van der Waals surface area contributed by atoms with E-state index in [9.17, 15) is 14.7 Å². The maximum absolute atomic E-state index is 13.7. The van der Waals surface area contributed by atoms with E-state index in [1.54, 1.807) is 12.1 Å². The molecular weight excluding hydrogens is 429 g/mol. The number of rotatable bonds is 4. The number of carboxylic acids is 1. The van der Waals surface area contributed by atoms with Crippen molar-refractivity contribution < 1.29 is 24.0 Å². The fraction of sp³-hybridized carbons (Fsp3) is 0.481. The first-order chi connectivity index (χ1) is 16.1. The molecule has 2 aromatic carbocycles. The summed E-state index contributed by atoms with van der Waals surface area (Å²) in [6.07, 6.45) is 3.92. The molecule has 1 N–H and O–H groups in total. The third-order valence-corrected chi connectivity index (χ3v) is 8.16. The molecule has 3 aliphatic rings. The Balaban J connectivity index is 1.55. The normalized spacial score (nSPS) is 26.1. The number of benzene rings is 2. The van der Waals surface area contributed by atoms with Gasteiger partial charge in [0.2, 0.25) is 0 Å². The second-order valence-corrected chi connectivity index (χ2v) is 10.8. The maximum Gasteiger partial charge on any atom is 0.494 e. The Morgan fingerprint density at radius 2 is 1.56 bits per heavy atom. The Labute approximate surface area is 201 Å². The molecule has 1 saturated heterocycles. The van der Waals surface area contributed by atoms with Crippen molar-refractivity contribution in [3.05, 3.63) is 65.2 Å². The summed E-state index contributed by atoms with van der Waals surface area (Å²) in [6.45, 7) is 8.07. The predicted octanol–water partition coefficient (Wildman–Crippen LogP) is 4.29. The van der Waals surface area contributed by atoms with E-state index in [0.717, 1.165) is 36.7 Å². The molecule has 1 amide bonds. The van der Waals surface area contributed by atoms with Crippen LogP contribution in [0.1, 0.15) is 86.8 Å². The van der Waals surface area contributed by atoms with Crippen LogP contribution < -0.4 is 5.46 Å². The van der Waals surface area contributed by atoms with Gasteiger partial charge in [0.05, 0.1) is 17.2 Å². The summed E-state index contributed by atoms with van der Waals surface area (Å²) in [5.74, 6) is -1.81. The second kappa shape index (κ2) is 8.24. The number of carboxylic acid groups (broad SMARTS) is 1. The van der Waals surface area contributed by atoms with Crippen molar-refractivity contribution in [3.8, 4) is 0 Å². The number of carbonyl (C=O) groups excluding carboxylic acids is 1. The Bertz CT molecular complexity index is 1090. The molecule has 2 heterocycles. The van der Waals surface area contributed by atoms with Crippen molar-refractivity contribution in [2.45, 2.75) is 82.6 Å². The summed E-state index contributed by atoms with van der Waals surface area (Å²) in [7, 11) is -0.492. The van der Waals surface area contributed by atoms with Gasteiger partial charge in [-0.1, -0.05) is 55.3 Å². The average molecular weight is 461 g/mol. The SMILES string of the molecule is CC1(C)OB(c2ccc([C@H]3[C@@H](C(=O)O)c4ccccc4C(=O)N3C3CCCC3)cc2)OC1(C)C. The van der Waals surface area contributed by atoms with Crippen molar-refractivity contribution in [2.75, 3.05) is 0 Å². The van der Waals surface area contributed by atoms with E-state index >= 15 is 0 Å². The molecule has 2 atom stereocenters. The van der Waals surface area contributed by atoms with Gasteiger partial charge in [-0.05, 0) is 63.2 Å². The van der Waals surface area contributed by atoms with Gasteiger partial charge in [-0.3, -0.25) is 9.59 Å². The van der Waals surface area contributed by atoms with Gasteiger partial charge >= 0.3 is 13.1 Å². The number of fused-ring (bicyclic) bond motifs is 1. The molecule has 2 aliphatic heterocycles. The number of amides is 1. The predicted molar refractivity (Wildman–Crippen MR) is 130 cm³/mol. The van der Waals surface area contributed by atoms with Crippen LogP contribution in [0.5, 0.6) is 0 Å². The quantitative estimate of drug-likeness (QED) is 0.688. The molecule has 0 spiro atoms. The summed E-state index contributed by atoms with van der Waals surface area (Å²) < 4.78 is 12.4. The van der Waals surface area contributed by atoms with Gasteiger partial charge in [0.15, 0.2) is 0 Å². The summed E-state index contributed by atoms with van der Waals surface area (Å²) in [4.78, 5) is 28.1. The molecule has 1 aliphatic carbocycles. The van der Waals surface area contributed by atoms with Gasteiger partial charge in [0.25, 0.3) is 5.91 Å². The highest BCUT2D eigenvalue weighted by Gasteiger charge is 2.52. The summed E-state index contributed by atoms with van der Waals surface area (Å²) >= 11 is 0. The third kappa shape index (κ3) is 3.66. The van der Waals surface area contributed by atoms with Crippen LogP contribution in [0, 0.1) is 0 Å². The highest BCUT2D eigenvalue weighted by atomic mass is 16.7. The zero-order chi connectivity index (χ0) is 24.3. The molecule has 34 heavy (non-hydrogen) atoms. The first-order valence-electron chi connectivity index (χ1n) is 12.2. The average Bonchev–Trinajstić information content (AvgIpc) is 3.39. The van der Waals surface area contributed by atoms with Crippen LogP contribution in [0.3, 0.4) is 0 Å². The molecule has 178 valence electrons. The molecule has 6 nitrogen and oxygen atoms in total. The smallest absolute Gasteiger partial charge is 0.481 e. The van der Waals surface area contributed by atoms with Crippen molar-refractivity contribution in [2.24, 2.45) is 0 Å². The first-order valence-corrected chi connectivity index (χ1v) is 12.2. The fourth-order valence-corrected chi connectivity index (χ4v) is 5.59. The molecule has 2 fully saturated rings. The van der Waals surface area contributed by atoms with E-state index in [0.29, 0.717) is 11.1 Å². The molecular formula is C27H32BNO5. The van der Waals surface area contributed by atoms with Crippen LogP contribution in [0.15, 0.2) is 48.5 Å². The van der Waals surface area contributed by atoms with Crippen LogP contribution in [-0.2, 0) is 14.1 Å². The van der Waals surface area contributed by atoms with Crippen LogP contribution >= 0.6 is 0 Å². The summed E-state index contributed by atoms with van der Waals surface area (Å²) in [5.41, 5.74) is 1.92. The highest BCUT2D eigenvalue weighted by molar-refractivity contribution is 6.62. The number of carbonyl (C=O) groups is 2. The van der Waals surface area contributed by atoms with E-state index < -0.39 is 36.2 Å². The molecule has 0 unspecified atom stereocenters. The minimum atomic E-state index is -0.914. The number of aliphatic carboxylic acids is 1. The molecule has 7 heteroatoms. The largest absolute Gasteiger partial charge is 0.494 e. The van der Waals surface area contributed by atoms with E-state index in [4.69, 9.17) is 9.31 Å². The van der Waals surface area contributed by atoms with Crippen LogP contribution in [0.25, 0.3) is 0 Å². The maximum atomic E-state index is 13.7. The van der Waals surface area contributed by atoms with Crippen LogP contribution in [-0.4, -0.2) is 46.2 Å². The van der Waals surface area contributed by atoms with Crippen molar-refractivity contribution in [1.82, 2.24) is 4.90 Å². The van der Waals surface area contributed by atoms with Gasteiger partial charge in [-0.2, -0.15) is 0 Å². The third-order valence-electron chi connectivity index (χ3n) is 8.16. The van der Waals surface area contributed by atoms with Gasteiger partial charge in [0.1, 0.15) is 5.92 Å². The minimum absolute atomic E-state index is 0.0514. The number of nitrogens with zero attached hydrogens (tertiary/aromatic N) is 1. The zero-order valence-electron chi connectivity index (χ0n) is 20.3. The van der Waals surface area contributed by atoms with E-state index in [-0.39, 0.29) is 11.9 Å². The minimum Gasteiger partial charge on any atom is -0.481 e. The van der Waals surface area contributed by atoms with Gasteiger partial charge in [-0.25, -0.2) is 0 Å². The van der Waals surface area contributed by atoms with Crippen molar-refractivity contribution in [3.63, 3.8) is 0 Å². The summed E-state index contributed by atoms with van der Waals surface area (Å²) in [5, 5.41) is 10.3. The van der Waals surface area contributed by atoms with Crippen LogP contribution in [0.2, 0.25) is 0 Å². The van der Waals surface area contributed by atoms with Crippen molar-refractivity contribution >= 4 is 24.5 Å². The fourth-order valence-electron chi connectivity index (χ4n) is 5.59. The number of hydrogen-bond acceptors (Lipinski definition) is 4. The lowest BCUT2D eigenvalue weighted by Gasteiger charge is -2.44. The molecule has 0 aromatic heterocycles. The second-order valence-electron chi connectivity index (χ2n) is 10.8. The lowest BCUT2D eigenvalue weighted by Crippen LogP contribution is -2.49. The van der Waals surface area contributed by atoms with Crippen LogP contribution in [0.4, 0.5) is 0 Å². The Morgan fingerprint density at radius 3 is 2.15 bits per heavy atom. The van der Waals surface area contributed by atoms with Crippen molar-refractivity contribution in [1.29, 1.82) is 0 Å². The topological polar surface area (TPSA) is 76.1 Å². The van der Waals surface area contributed by atoms with E-state index in [2.05, 4.69) is 0 Å². The van der Waals surface area contributed by atoms with E-state index in [1.165, 1.54) is 0 Å². The summed E-state index contributed by atoms with van der Waals surface area (Å²) in [6, 6.07) is 14.4. The lowest BCUT2D eigenvalue weighted by molar-refractivity contribution is -0.140. The number of hydrogen-bond donors (Lipinski definition) is 1. The Morgan fingerprint density at radius 1 is 0.971 bits per heavy atom. The van der Waals surface area contributed by atoms with Gasteiger partial charge in [-0.15, -0.1) is 0 Å². The molecule has 1 saturated carbocycles. The lowest BCUT2D eigenvalue weighted by atomic mass is 9.76. The standard InChI is InChI=1S/C27H32BNO5/c1-26(2)27(3,4)34-28(33-26)18-15-13-17(14-16-18)23-22(25(31)32)20-11-7-8-12-21(20)24(30)29(23)19-9-5-6-10-19/h7-8,11-16,19,22-23H,5-6,9-10H2,1-4H3,(H,31,32)/t22-,23-/m0/s1. The Kier molecular flexibility index (Phi) is 5.61. The zero-order valence-corrected chi connectivity index (χ0v) is 20.3. The molecule has 5 rings (SSSR count). The molecule has 0 bridgehead atoms. The molecule has 2 aromatic rings. The van der Waals surface area contributed by atoms with Gasteiger partial charge in [0, 0.05) is 11.6 Å². The Hall–Kier alpha value is -2.64. The van der Waals surface area contributed by atoms with Gasteiger partial charge < -0.3 is 19.3 Å².